The second kappa shape index (κ2) is 6.78. The molecule has 0 saturated heterocycles. The third kappa shape index (κ3) is 4.99. The summed E-state index contributed by atoms with van der Waals surface area (Å²) in [5, 5.41) is 2.66. The van der Waals surface area contributed by atoms with Crippen LogP contribution in [-0.2, 0) is 16.0 Å². The van der Waals surface area contributed by atoms with Crippen LogP contribution in [0.3, 0.4) is 0 Å². The Balaban J connectivity index is 2.39. The number of nitrogens with two attached hydrogens (primary N) is 1. The van der Waals surface area contributed by atoms with Gasteiger partial charge in [0.2, 0.25) is 11.8 Å². The van der Waals surface area contributed by atoms with Gasteiger partial charge in [-0.3, -0.25) is 9.59 Å². The standard InChI is InChI=1S/C12H20N4O2/c1-8(2)5-10(12(13)18)16-11(17)4-3-9-6-14-7-15-9/h6-8,10H,3-5H2,1-2H3,(H2,13,18)(H,14,15)(H,16,17)/t10-/m0/s1. The number of H-pyrrole nitrogens is 1. The Kier molecular flexibility index (Phi) is 5.35. The predicted molar refractivity (Wildman–Crippen MR) is 67.5 cm³/mol. The minimum Gasteiger partial charge on any atom is -0.368 e. The molecule has 1 heterocycles. The zero-order valence-corrected chi connectivity index (χ0v) is 10.8. The van der Waals surface area contributed by atoms with Gasteiger partial charge in [0.1, 0.15) is 6.04 Å². The van der Waals surface area contributed by atoms with Crippen LogP contribution in [0.4, 0.5) is 0 Å². The Hall–Kier alpha value is -1.85. The van der Waals surface area contributed by atoms with Crippen LogP contribution in [0.2, 0.25) is 0 Å². The number of nitrogens with zero attached hydrogens (tertiary/aromatic N) is 1. The van der Waals surface area contributed by atoms with E-state index in [9.17, 15) is 9.59 Å². The van der Waals surface area contributed by atoms with E-state index in [4.69, 9.17) is 5.73 Å². The number of primary amides is 1. The highest BCUT2D eigenvalue weighted by Crippen LogP contribution is 2.05. The summed E-state index contributed by atoms with van der Waals surface area (Å²) in [6, 6.07) is -0.584. The van der Waals surface area contributed by atoms with Crippen molar-refractivity contribution in [2.24, 2.45) is 11.7 Å². The van der Waals surface area contributed by atoms with Crippen LogP contribution >= 0.6 is 0 Å². The lowest BCUT2D eigenvalue weighted by Crippen LogP contribution is -2.45. The highest BCUT2D eigenvalue weighted by atomic mass is 16.2. The van der Waals surface area contributed by atoms with Crippen molar-refractivity contribution in [2.75, 3.05) is 0 Å². The largest absolute Gasteiger partial charge is 0.368 e. The highest BCUT2D eigenvalue weighted by molar-refractivity contribution is 5.86. The van der Waals surface area contributed by atoms with Crippen LogP contribution in [0.1, 0.15) is 32.4 Å². The molecule has 1 aromatic heterocycles. The Labute approximate surface area is 106 Å². The van der Waals surface area contributed by atoms with Crippen molar-refractivity contribution < 1.29 is 9.59 Å². The predicted octanol–water partition coefficient (Wildman–Crippen LogP) is 0.359. The van der Waals surface area contributed by atoms with E-state index in [1.165, 1.54) is 0 Å². The van der Waals surface area contributed by atoms with Gasteiger partial charge in [-0.1, -0.05) is 13.8 Å². The number of hydrogen-bond donors (Lipinski definition) is 3. The van der Waals surface area contributed by atoms with E-state index in [0.29, 0.717) is 25.2 Å². The van der Waals surface area contributed by atoms with Gasteiger partial charge in [0, 0.05) is 18.3 Å². The number of rotatable bonds is 7. The molecule has 6 heteroatoms. The summed E-state index contributed by atoms with van der Waals surface area (Å²) in [4.78, 5) is 29.7. The topological polar surface area (TPSA) is 101 Å². The van der Waals surface area contributed by atoms with E-state index in [-0.39, 0.29) is 5.91 Å². The third-order valence-electron chi connectivity index (χ3n) is 2.56. The van der Waals surface area contributed by atoms with Crippen molar-refractivity contribution in [3.8, 4) is 0 Å². The molecule has 100 valence electrons. The summed E-state index contributed by atoms with van der Waals surface area (Å²) >= 11 is 0. The molecule has 0 aliphatic heterocycles. The van der Waals surface area contributed by atoms with E-state index in [2.05, 4.69) is 15.3 Å². The van der Waals surface area contributed by atoms with Gasteiger partial charge in [-0.05, 0) is 18.8 Å². The van der Waals surface area contributed by atoms with Crippen molar-refractivity contribution in [2.45, 2.75) is 39.2 Å². The maximum absolute atomic E-state index is 11.7. The van der Waals surface area contributed by atoms with Crippen LogP contribution in [0.15, 0.2) is 12.5 Å². The molecular formula is C12H20N4O2. The lowest BCUT2D eigenvalue weighted by molar-refractivity contribution is -0.127. The zero-order valence-electron chi connectivity index (χ0n) is 10.8. The quantitative estimate of drug-likeness (QED) is 0.653. The smallest absolute Gasteiger partial charge is 0.240 e. The van der Waals surface area contributed by atoms with Crippen molar-refractivity contribution >= 4 is 11.8 Å². The van der Waals surface area contributed by atoms with E-state index < -0.39 is 11.9 Å². The molecular weight excluding hydrogens is 232 g/mol. The number of carbonyl (C=O) groups excluding carboxylic acids is 2. The first kappa shape index (κ1) is 14.2. The van der Waals surface area contributed by atoms with Crippen LogP contribution in [-0.4, -0.2) is 27.8 Å². The Morgan fingerprint density at radius 3 is 2.72 bits per heavy atom. The molecule has 0 aromatic carbocycles. The molecule has 0 spiro atoms. The molecule has 18 heavy (non-hydrogen) atoms. The SMILES string of the molecule is CC(C)C[C@H](NC(=O)CCc1cnc[nH]1)C(N)=O. The Morgan fingerprint density at radius 2 is 2.22 bits per heavy atom. The molecule has 0 fully saturated rings. The highest BCUT2D eigenvalue weighted by Gasteiger charge is 2.19. The van der Waals surface area contributed by atoms with Crippen molar-refractivity contribution in [3.63, 3.8) is 0 Å². The fourth-order valence-corrected chi connectivity index (χ4v) is 1.65. The number of amides is 2. The van der Waals surface area contributed by atoms with Gasteiger partial charge in [-0.25, -0.2) is 4.98 Å². The molecule has 6 nitrogen and oxygen atoms in total. The molecule has 0 aliphatic carbocycles. The first-order chi connectivity index (χ1) is 8.49. The van der Waals surface area contributed by atoms with Crippen molar-refractivity contribution in [3.05, 3.63) is 18.2 Å². The van der Waals surface area contributed by atoms with E-state index in [1.54, 1.807) is 12.5 Å². The maximum atomic E-state index is 11.7. The molecule has 1 rings (SSSR count). The average Bonchev–Trinajstić information content (AvgIpc) is 2.77. The van der Waals surface area contributed by atoms with Crippen LogP contribution in [0.5, 0.6) is 0 Å². The lowest BCUT2D eigenvalue weighted by Gasteiger charge is -2.17. The van der Waals surface area contributed by atoms with Gasteiger partial charge in [-0.2, -0.15) is 0 Å². The first-order valence-corrected chi connectivity index (χ1v) is 6.05. The molecule has 1 aromatic rings. The van der Waals surface area contributed by atoms with Crippen LogP contribution < -0.4 is 11.1 Å². The van der Waals surface area contributed by atoms with Crippen molar-refractivity contribution in [1.82, 2.24) is 15.3 Å². The van der Waals surface area contributed by atoms with Gasteiger partial charge >= 0.3 is 0 Å². The number of aryl methyl sites for hydroxylation is 1. The fourth-order valence-electron chi connectivity index (χ4n) is 1.65. The molecule has 1 atom stereocenters. The monoisotopic (exact) mass is 252 g/mol. The van der Waals surface area contributed by atoms with Gasteiger partial charge in [0.15, 0.2) is 0 Å². The van der Waals surface area contributed by atoms with Crippen molar-refractivity contribution in [1.29, 1.82) is 0 Å². The lowest BCUT2D eigenvalue weighted by atomic mass is 10.0. The van der Waals surface area contributed by atoms with Gasteiger partial charge in [0.05, 0.1) is 6.33 Å². The number of aromatic amines is 1. The Bertz CT molecular complexity index is 387. The van der Waals surface area contributed by atoms with E-state index in [1.807, 2.05) is 13.8 Å². The molecule has 2 amide bonds. The second-order valence-corrected chi connectivity index (χ2v) is 4.73. The number of imidazole rings is 1. The normalized spacial score (nSPS) is 12.4. The molecule has 4 N–H and O–H groups in total. The van der Waals surface area contributed by atoms with Gasteiger partial charge in [0.25, 0.3) is 0 Å². The summed E-state index contributed by atoms with van der Waals surface area (Å²) in [5.41, 5.74) is 6.15. The van der Waals surface area contributed by atoms with Gasteiger partial charge < -0.3 is 16.0 Å². The number of nitrogens with one attached hydrogen (secondary N) is 2. The molecule has 0 bridgehead atoms. The Morgan fingerprint density at radius 1 is 1.50 bits per heavy atom. The molecule has 0 unspecified atom stereocenters. The summed E-state index contributed by atoms with van der Waals surface area (Å²) in [5.74, 6) is -0.358. The number of hydrogen-bond acceptors (Lipinski definition) is 3. The summed E-state index contributed by atoms with van der Waals surface area (Å²) in [6.45, 7) is 3.96. The molecule has 0 aliphatic rings. The number of carbonyl (C=O) groups is 2. The first-order valence-electron chi connectivity index (χ1n) is 6.05. The molecule has 0 saturated carbocycles. The summed E-state index contributed by atoms with van der Waals surface area (Å²) in [6.07, 6.45) is 4.68. The zero-order chi connectivity index (χ0) is 13.5. The summed E-state index contributed by atoms with van der Waals surface area (Å²) < 4.78 is 0. The average molecular weight is 252 g/mol. The second-order valence-electron chi connectivity index (χ2n) is 4.73. The third-order valence-corrected chi connectivity index (χ3v) is 2.56. The van der Waals surface area contributed by atoms with Crippen LogP contribution in [0, 0.1) is 5.92 Å². The maximum Gasteiger partial charge on any atom is 0.240 e. The van der Waals surface area contributed by atoms with Gasteiger partial charge in [-0.15, -0.1) is 0 Å². The minimum absolute atomic E-state index is 0.172. The number of aromatic nitrogens is 2. The minimum atomic E-state index is -0.584. The van der Waals surface area contributed by atoms with E-state index in [0.717, 1.165) is 5.69 Å². The van der Waals surface area contributed by atoms with E-state index >= 15 is 0 Å². The molecule has 0 radical (unpaired) electrons. The van der Waals surface area contributed by atoms with Crippen LogP contribution in [0.25, 0.3) is 0 Å². The summed E-state index contributed by atoms with van der Waals surface area (Å²) in [7, 11) is 0. The fraction of sp³-hybridized carbons (Fsp3) is 0.583.